The molecule has 8 heteroatoms. The molecular weight excluding hydrogens is 524 g/mol. The SMILES string of the molecule is Cc1[nH]n(-c2ccccc2)c(=O)c1C(CC(C)(C)C)=NCCN=C(CC(C)(C)C)c1c(C)[nH]n(-c2ccccc2)c1=O. The second-order valence-electron chi connectivity index (χ2n) is 13.3. The third-order valence-corrected chi connectivity index (χ3v) is 6.85. The van der Waals surface area contributed by atoms with Crippen LogP contribution in [0.2, 0.25) is 0 Å². The number of aromatic amines is 2. The summed E-state index contributed by atoms with van der Waals surface area (Å²) in [5, 5.41) is 6.47. The van der Waals surface area contributed by atoms with Gasteiger partial charge in [-0.05, 0) is 61.8 Å². The Balaban J connectivity index is 1.69. The molecule has 4 rings (SSSR count). The van der Waals surface area contributed by atoms with E-state index in [9.17, 15) is 9.59 Å². The number of aromatic nitrogens is 4. The molecule has 0 fully saturated rings. The van der Waals surface area contributed by atoms with Gasteiger partial charge in [0.05, 0.1) is 47.0 Å². The zero-order valence-electron chi connectivity index (χ0n) is 26.2. The molecular formula is C34H44N6O2. The summed E-state index contributed by atoms with van der Waals surface area (Å²) in [6, 6.07) is 19.1. The number of H-pyrrole nitrogens is 2. The predicted molar refractivity (Wildman–Crippen MR) is 173 cm³/mol. The molecule has 0 amide bonds. The predicted octanol–water partition coefficient (Wildman–Crippen LogP) is 6.41. The monoisotopic (exact) mass is 568 g/mol. The van der Waals surface area contributed by atoms with Crippen molar-refractivity contribution in [2.24, 2.45) is 20.8 Å². The van der Waals surface area contributed by atoms with Crippen LogP contribution in [-0.4, -0.2) is 44.1 Å². The normalized spacial score (nSPS) is 13.1. The fourth-order valence-corrected chi connectivity index (χ4v) is 5.11. The Bertz CT molecular complexity index is 1560. The van der Waals surface area contributed by atoms with E-state index < -0.39 is 0 Å². The highest BCUT2D eigenvalue weighted by Crippen LogP contribution is 2.24. The number of rotatable bonds is 9. The molecule has 0 aliphatic heterocycles. The van der Waals surface area contributed by atoms with Crippen LogP contribution in [-0.2, 0) is 0 Å². The van der Waals surface area contributed by atoms with E-state index in [-0.39, 0.29) is 21.9 Å². The first-order valence-electron chi connectivity index (χ1n) is 14.6. The lowest BCUT2D eigenvalue weighted by atomic mass is 9.87. The molecule has 0 aliphatic rings. The first-order chi connectivity index (χ1) is 19.7. The Morgan fingerprint density at radius 2 is 0.952 bits per heavy atom. The van der Waals surface area contributed by atoms with Crippen molar-refractivity contribution in [2.45, 2.75) is 68.2 Å². The number of aliphatic imine (C=N–C) groups is 2. The molecule has 2 heterocycles. The van der Waals surface area contributed by atoms with E-state index >= 15 is 0 Å². The third kappa shape index (κ3) is 7.35. The highest BCUT2D eigenvalue weighted by Gasteiger charge is 2.24. The lowest BCUT2D eigenvalue weighted by molar-refractivity contribution is 0.432. The van der Waals surface area contributed by atoms with Gasteiger partial charge in [-0.2, -0.15) is 0 Å². The summed E-state index contributed by atoms with van der Waals surface area (Å²) >= 11 is 0. The molecule has 0 saturated carbocycles. The molecule has 0 saturated heterocycles. The summed E-state index contributed by atoms with van der Waals surface area (Å²) in [6.45, 7) is 17.5. The molecule has 8 nitrogen and oxygen atoms in total. The first kappa shape index (κ1) is 30.8. The van der Waals surface area contributed by atoms with Crippen molar-refractivity contribution in [1.82, 2.24) is 19.6 Å². The van der Waals surface area contributed by atoms with Gasteiger partial charge >= 0.3 is 0 Å². The number of nitrogens with zero attached hydrogens (tertiary/aromatic N) is 4. The van der Waals surface area contributed by atoms with Crippen LogP contribution in [0.15, 0.2) is 80.2 Å². The number of hydrogen-bond donors (Lipinski definition) is 2. The number of benzene rings is 2. The van der Waals surface area contributed by atoms with Crippen LogP contribution in [0.3, 0.4) is 0 Å². The molecule has 0 radical (unpaired) electrons. The Hall–Kier alpha value is -4.20. The Kier molecular flexibility index (Phi) is 9.04. The highest BCUT2D eigenvalue weighted by atomic mass is 16.1. The minimum atomic E-state index is -0.108. The van der Waals surface area contributed by atoms with Gasteiger partial charge in [-0.15, -0.1) is 0 Å². The number of aryl methyl sites for hydroxylation is 2. The first-order valence-corrected chi connectivity index (χ1v) is 14.6. The summed E-state index contributed by atoms with van der Waals surface area (Å²) < 4.78 is 3.16. The molecule has 4 aromatic rings. The van der Waals surface area contributed by atoms with Gasteiger partial charge in [0.2, 0.25) is 0 Å². The van der Waals surface area contributed by atoms with Gasteiger partial charge < -0.3 is 0 Å². The second-order valence-corrected chi connectivity index (χ2v) is 13.3. The van der Waals surface area contributed by atoms with Crippen LogP contribution in [0, 0.1) is 24.7 Å². The van der Waals surface area contributed by atoms with Gasteiger partial charge in [-0.1, -0.05) is 77.9 Å². The van der Waals surface area contributed by atoms with Gasteiger partial charge in [0.15, 0.2) is 0 Å². The Morgan fingerprint density at radius 1 is 0.619 bits per heavy atom. The van der Waals surface area contributed by atoms with Crippen molar-refractivity contribution >= 4 is 11.4 Å². The second kappa shape index (κ2) is 12.3. The summed E-state index contributed by atoms with van der Waals surface area (Å²) in [6.07, 6.45) is 1.29. The fraction of sp³-hybridized carbons (Fsp3) is 0.412. The van der Waals surface area contributed by atoms with Crippen molar-refractivity contribution in [3.8, 4) is 11.4 Å². The van der Waals surface area contributed by atoms with E-state index in [1.807, 2.05) is 74.5 Å². The summed E-state index contributed by atoms with van der Waals surface area (Å²) in [7, 11) is 0. The molecule has 2 N–H and O–H groups in total. The van der Waals surface area contributed by atoms with Crippen LogP contribution in [0.1, 0.15) is 76.9 Å². The fourth-order valence-electron chi connectivity index (χ4n) is 5.11. The minimum absolute atomic E-state index is 0.0714. The number of hydrogen-bond acceptors (Lipinski definition) is 4. The third-order valence-electron chi connectivity index (χ3n) is 6.85. The maximum Gasteiger partial charge on any atom is 0.280 e. The van der Waals surface area contributed by atoms with Crippen molar-refractivity contribution < 1.29 is 0 Å². The number of nitrogens with one attached hydrogen (secondary N) is 2. The molecule has 0 unspecified atom stereocenters. The average Bonchev–Trinajstić information content (AvgIpc) is 3.38. The van der Waals surface area contributed by atoms with Gasteiger partial charge in [0, 0.05) is 11.4 Å². The summed E-state index contributed by atoms with van der Waals surface area (Å²) in [4.78, 5) is 37.1. The average molecular weight is 569 g/mol. The van der Waals surface area contributed by atoms with Crippen molar-refractivity contribution in [3.63, 3.8) is 0 Å². The topological polar surface area (TPSA) is 100 Å². The minimum Gasteiger partial charge on any atom is -0.295 e. The van der Waals surface area contributed by atoms with E-state index in [0.717, 1.165) is 34.2 Å². The molecule has 2 aromatic heterocycles. The van der Waals surface area contributed by atoms with Gasteiger partial charge in [0.25, 0.3) is 11.1 Å². The maximum absolute atomic E-state index is 13.6. The van der Waals surface area contributed by atoms with Crippen molar-refractivity contribution in [2.75, 3.05) is 13.1 Å². The molecule has 2 aromatic carbocycles. The van der Waals surface area contributed by atoms with Gasteiger partial charge in [0.1, 0.15) is 0 Å². The summed E-state index contributed by atoms with van der Waals surface area (Å²) in [5.74, 6) is 0. The highest BCUT2D eigenvalue weighted by molar-refractivity contribution is 6.02. The lowest BCUT2D eigenvalue weighted by Gasteiger charge is -2.20. The maximum atomic E-state index is 13.6. The van der Waals surface area contributed by atoms with E-state index in [1.165, 1.54) is 0 Å². The largest absolute Gasteiger partial charge is 0.295 e. The molecule has 0 atom stereocenters. The molecule has 0 aliphatic carbocycles. The zero-order chi connectivity index (χ0) is 30.7. The quantitative estimate of drug-likeness (QED) is 0.180. The van der Waals surface area contributed by atoms with Gasteiger partial charge in [-0.3, -0.25) is 29.8 Å². The Labute approximate surface area is 248 Å². The van der Waals surface area contributed by atoms with Crippen molar-refractivity contribution in [1.29, 1.82) is 0 Å². The van der Waals surface area contributed by atoms with E-state index in [0.29, 0.717) is 37.1 Å². The molecule has 222 valence electrons. The smallest absolute Gasteiger partial charge is 0.280 e. The van der Waals surface area contributed by atoms with Crippen LogP contribution >= 0.6 is 0 Å². The van der Waals surface area contributed by atoms with Crippen LogP contribution < -0.4 is 11.1 Å². The van der Waals surface area contributed by atoms with E-state index in [2.05, 4.69) is 51.7 Å². The van der Waals surface area contributed by atoms with Crippen molar-refractivity contribution in [3.05, 3.63) is 104 Å². The molecule has 0 bridgehead atoms. The zero-order valence-corrected chi connectivity index (χ0v) is 26.2. The van der Waals surface area contributed by atoms with Crippen LogP contribution in [0.4, 0.5) is 0 Å². The molecule has 42 heavy (non-hydrogen) atoms. The van der Waals surface area contributed by atoms with E-state index in [4.69, 9.17) is 9.98 Å². The number of para-hydroxylation sites is 2. The lowest BCUT2D eigenvalue weighted by Crippen LogP contribution is -2.25. The molecule has 0 spiro atoms. The van der Waals surface area contributed by atoms with Crippen LogP contribution in [0.25, 0.3) is 11.4 Å². The summed E-state index contributed by atoms with van der Waals surface area (Å²) in [5.41, 5.74) is 5.54. The standard InChI is InChI=1S/C34H44N6O2/c1-23-29(31(41)39(37-23)25-15-11-9-12-16-25)27(21-33(3,4)5)35-19-20-36-28(22-34(6,7)8)30-24(2)38-40(32(30)42)26-17-13-10-14-18-26/h9-18,37-38H,19-22H2,1-8H3. The van der Waals surface area contributed by atoms with E-state index in [1.54, 1.807) is 9.36 Å². The van der Waals surface area contributed by atoms with Crippen LogP contribution in [0.5, 0.6) is 0 Å². The van der Waals surface area contributed by atoms with Gasteiger partial charge in [-0.25, -0.2) is 9.36 Å². The Morgan fingerprint density at radius 3 is 1.26 bits per heavy atom.